The van der Waals surface area contributed by atoms with Crippen molar-refractivity contribution in [3.63, 3.8) is 0 Å². The number of carbonyl (C=O) groups excluding carboxylic acids is 1. The fourth-order valence-corrected chi connectivity index (χ4v) is 4.99. The second-order valence-electron chi connectivity index (χ2n) is 7.01. The highest BCUT2D eigenvalue weighted by Gasteiger charge is 2.26. The molecule has 30 heavy (non-hydrogen) atoms. The number of likely N-dealkylation sites (tertiary alicyclic amines) is 1. The maximum Gasteiger partial charge on any atom is 0.415 e. The van der Waals surface area contributed by atoms with E-state index >= 15 is 0 Å². The van der Waals surface area contributed by atoms with Crippen LogP contribution in [0, 0.1) is 0 Å². The molecule has 1 fully saturated rings. The predicted octanol–water partition coefficient (Wildman–Crippen LogP) is 2.99. The Hall–Kier alpha value is -2.53. The van der Waals surface area contributed by atoms with Crippen LogP contribution < -0.4 is 4.74 Å². The highest BCUT2D eigenvalue weighted by atomic mass is 32.2. The zero-order chi connectivity index (χ0) is 20.9. The third-order valence-corrected chi connectivity index (χ3v) is 7.32. The Morgan fingerprint density at radius 3 is 2.57 bits per heavy atom. The van der Waals surface area contributed by atoms with Gasteiger partial charge in [0.05, 0.1) is 0 Å². The topological polar surface area (TPSA) is 91.0 Å². The molecule has 9 nitrogen and oxygen atoms in total. The van der Waals surface area contributed by atoms with Gasteiger partial charge in [-0.1, -0.05) is 35.7 Å². The maximum absolute atomic E-state index is 12.5. The molecule has 0 N–H and O–H groups in total. The second-order valence-corrected chi connectivity index (χ2v) is 9.22. The first-order valence-corrected chi connectivity index (χ1v) is 11.5. The minimum absolute atomic E-state index is 0.297. The molecule has 2 aromatic heterocycles. The van der Waals surface area contributed by atoms with Gasteiger partial charge in [-0.3, -0.25) is 0 Å². The van der Waals surface area contributed by atoms with Crippen LogP contribution in [0.2, 0.25) is 0 Å². The quantitative estimate of drug-likeness (QED) is 0.535. The Morgan fingerprint density at radius 1 is 1.17 bits per heavy atom. The van der Waals surface area contributed by atoms with Gasteiger partial charge in [-0.05, 0) is 41.0 Å². The van der Waals surface area contributed by atoms with Crippen LogP contribution in [0.1, 0.15) is 18.4 Å². The van der Waals surface area contributed by atoms with Crippen LogP contribution >= 0.6 is 23.5 Å². The summed E-state index contributed by atoms with van der Waals surface area (Å²) in [5.74, 6) is 1.37. The SMILES string of the molecule is Cn1ccnc1SCc1ccc(OC(=O)N2CCC(Sc3nnnn3C)CC2)cc1. The molecule has 0 bridgehead atoms. The minimum Gasteiger partial charge on any atom is -0.410 e. The van der Waals surface area contributed by atoms with E-state index in [1.54, 1.807) is 39.3 Å². The molecule has 0 aliphatic carbocycles. The van der Waals surface area contributed by atoms with Crippen LogP contribution in [0.5, 0.6) is 5.75 Å². The number of thioether (sulfide) groups is 2. The summed E-state index contributed by atoms with van der Waals surface area (Å²) in [5, 5.41) is 13.7. The van der Waals surface area contributed by atoms with E-state index in [1.165, 1.54) is 0 Å². The molecular weight excluding hydrogens is 422 g/mol. The lowest BCUT2D eigenvalue weighted by molar-refractivity contribution is 0.143. The molecule has 0 spiro atoms. The fourth-order valence-electron chi connectivity index (χ4n) is 3.08. The van der Waals surface area contributed by atoms with Crippen molar-refractivity contribution in [2.24, 2.45) is 14.1 Å². The number of hydrogen-bond acceptors (Lipinski definition) is 8. The Kier molecular flexibility index (Phi) is 6.58. The molecule has 1 aromatic carbocycles. The van der Waals surface area contributed by atoms with Gasteiger partial charge in [0.15, 0.2) is 5.16 Å². The van der Waals surface area contributed by atoms with Crippen molar-refractivity contribution < 1.29 is 9.53 Å². The fraction of sp³-hybridized carbons (Fsp3) is 0.421. The van der Waals surface area contributed by atoms with E-state index < -0.39 is 0 Å². The third kappa shape index (κ3) is 5.14. The Morgan fingerprint density at radius 2 is 1.93 bits per heavy atom. The predicted molar refractivity (Wildman–Crippen MR) is 114 cm³/mol. The standard InChI is InChI=1S/C19H23N7O2S2/c1-24-12-9-20-17(24)29-13-14-3-5-15(6-4-14)28-19(27)26-10-7-16(8-11-26)30-18-21-22-23-25(18)2/h3-6,9,12,16H,7-8,10-11,13H2,1-2H3. The maximum atomic E-state index is 12.5. The molecule has 1 amide bonds. The number of aromatic nitrogens is 6. The molecule has 158 valence electrons. The number of tetrazole rings is 1. The molecule has 3 heterocycles. The van der Waals surface area contributed by atoms with E-state index in [1.807, 2.05) is 49.1 Å². The number of hydrogen-bond donors (Lipinski definition) is 0. The van der Waals surface area contributed by atoms with Crippen molar-refractivity contribution in [3.8, 4) is 5.75 Å². The summed E-state index contributed by atoms with van der Waals surface area (Å²) in [6.07, 6.45) is 5.19. The third-order valence-electron chi connectivity index (χ3n) is 4.83. The zero-order valence-corrected chi connectivity index (χ0v) is 18.5. The number of ether oxygens (including phenoxy) is 1. The highest BCUT2D eigenvalue weighted by molar-refractivity contribution is 7.99. The van der Waals surface area contributed by atoms with Gasteiger partial charge in [0.2, 0.25) is 5.16 Å². The molecule has 0 atom stereocenters. The Bertz CT molecular complexity index is 981. The van der Waals surface area contributed by atoms with E-state index in [0.29, 0.717) is 24.1 Å². The van der Waals surface area contributed by atoms with Crippen molar-refractivity contribution in [1.29, 1.82) is 0 Å². The molecular formula is C19H23N7O2S2. The van der Waals surface area contributed by atoms with Gasteiger partial charge in [0.1, 0.15) is 5.75 Å². The van der Waals surface area contributed by atoms with Crippen LogP contribution in [-0.2, 0) is 19.8 Å². The lowest BCUT2D eigenvalue weighted by Gasteiger charge is -2.30. The van der Waals surface area contributed by atoms with Crippen molar-refractivity contribution >= 4 is 29.6 Å². The first-order valence-electron chi connectivity index (χ1n) is 9.63. The summed E-state index contributed by atoms with van der Waals surface area (Å²) in [7, 11) is 3.81. The smallest absolute Gasteiger partial charge is 0.410 e. The Balaban J connectivity index is 1.23. The van der Waals surface area contributed by atoms with E-state index in [0.717, 1.165) is 34.5 Å². The summed E-state index contributed by atoms with van der Waals surface area (Å²) in [4.78, 5) is 18.6. The molecule has 1 aliphatic rings. The average Bonchev–Trinajstić information content (AvgIpc) is 3.36. The summed E-state index contributed by atoms with van der Waals surface area (Å²) < 4.78 is 9.22. The minimum atomic E-state index is -0.297. The molecule has 0 radical (unpaired) electrons. The second kappa shape index (κ2) is 9.52. The number of carbonyl (C=O) groups is 1. The van der Waals surface area contributed by atoms with Gasteiger partial charge in [-0.25, -0.2) is 14.5 Å². The molecule has 0 unspecified atom stereocenters. The van der Waals surface area contributed by atoms with Crippen molar-refractivity contribution in [2.45, 2.75) is 34.2 Å². The lowest BCUT2D eigenvalue weighted by Crippen LogP contribution is -2.40. The summed E-state index contributed by atoms with van der Waals surface area (Å²) in [6, 6.07) is 7.65. The van der Waals surface area contributed by atoms with Crippen LogP contribution in [0.15, 0.2) is 47.0 Å². The first kappa shape index (κ1) is 20.7. The molecule has 11 heteroatoms. The summed E-state index contributed by atoms with van der Waals surface area (Å²) in [5.41, 5.74) is 1.15. The molecule has 0 saturated carbocycles. The van der Waals surface area contributed by atoms with Crippen LogP contribution in [0.3, 0.4) is 0 Å². The Labute approximate surface area is 183 Å². The normalized spacial score (nSPS) is 14.8. The van der Waals surface area contributed by atoms with E-state index in [-0.39, 0.29) is 6.09 Å². The molecule has 1 saturated heterocycles. The van der Waals surface area contributed by atoms with Gasteiger partial charge in [0, 0.05) is 50.6 Å². The van der Waals surface area contributed by atoms with Gasteiger partial charge < -0.3 is 14.2 Å². The molecule has 4 rings (SSSR count). The summed E-state index contributed by atoms with van der Waals surface area (Å²) >= 11 is 3.33. The van der Waals surface area contributed by atoms with Crippen molar-refractivity contribution in [2.75, 3.05) is 13.1 Å². The zero-order valence-electron chi connectivity index (χ0n) is 16.8. The number of imidazole rings is 1. The first-order chi connectivity index (χ1) is 14.6. The number of benzene rings is 1. The van der Waals surface area contributed by atoms with E-state index in [9.17, 15) is 4.79 Å². The van der Waals surface area contributed by atoms with Crippen molar-refractivity contribution in [1.82, 2.24) is 34.7 Å². The summed E-state index contributed by atoms with van der Waals surface area (Å²) in [6.45, 7) is 1.33. The van der Waals surface area contributed by atoms with Gasteiger partial charge >= 0.3 is 6.09 Å². The number of rotatable bonds is 6. The van der Waals surface area contributed by atoms with Crippen LogP contribution in [-0.4, -0.2) is 59.1 Å². The van der Waals surface area contributed by atoms with Gasteiger partial charge in [-0.2, -0.15) is 0 Å². The van der Waals surface area contributed by atoms with Crippen LogP contribution in [0.25, 0.3) is 0 Å². The largest absolute Gasteiger partial charge is 0.415 e. The number of piperidine rings is 1. The molecule has 1 aliphatic heterocycles. The lowest BCUT2D eigenvalue weighted by atomic mass is 10.1. The van der Waals surface area contributed by atoms with E-state index in [4.69, 9.17) is 4.74 Å². The van der Waals surface area contributed by atoms with Gasteiger partial charge in [0.25, 0.3) is 0 Å². The van der Waals surface area contributed by atoms with Crippen LogP contribution in [0.4, 0.5) is 4.79 Å². The number of nitrogens with zero attached hydrogens (tertiary/aromatic N) is 7. The van der Waals surface area contributed by atoms with E-state index in [2.05, 4.69) is 20.5 Å². The highest BCUT2D eigenvalue weighted by Crippen LogP contribution is 2.29. The van der Waals surface area contributed by atoms with Crippen molar-refractivity contribution in [3.05, 3.63) is 42.2 Å². The monoisotopic (exact) mass is 445 g/mol. The van der Waals surface area contributed by atoms with Gasteiger partial charge in [-0.15, -0.1) is 5.10 Å². The average molecular weight is 446 g/mol. The number of aryl methyl sites for hydroxylation is 2. The number of amides is 1. The molecule has 3 aromatic rings.